The number of rotatable bonds is 11. The minimum absolute atomic E-state index is 0.0286. The highest BCUT2D eigenvalue weighted by molar-refractivity contribution is 7.19. The second-order valence-corrected chi connectivity index (χ2v) is 27.5. The molecule has 0 aliphatic carbocycles. The molecule has 10 aromatic carbocycles. The molecule has 0 fully saturated rings. The van der Waals surface area contributed by atoms with Gasteiger partial charge >= 0.3 is 0 Å². The van der Waals surface area contributed by atoms with Gasteiger partial charge in [-0.3, -0.25) is 4.57 Å². The highest BCUT2D eigenvalue weighted by Gasteiger charge is 2.41. The molecule has 6 heteroatoms. The minimum atomic E-state index is -2.74. The number of hydrogen-bond acceptors (Lipinski definition) is 4. The Balaban J connectivity index is 0.862. The van der Waals surface area contributed by atoms with Crippen molar-refractivity contribution in [2.24, 2.45) is 0 Å². The predicted octanol–water partition coefficient (Wildman–Crippen LogP) is 16.8. The van der Waals surface area contributed by atoms with E-state index in [1.807, 2.05) is 0 Å². The molecule has 0 bridgehead atoms. The largest absolute Gasteiger partial charge is 0.457 e. The number of hydrogen-bond donors (Lipinski definition) is 0. The predicted molar refractivity (Wildman–Crippen MR) is 344 cm³/mol. The van der Waals surface area contributed by atoms with E-state index < -0.39 is 8.07 Å². The average Bonchev–Trinajstić information content (AvgIpc) is 3.94. The van der Waals surface area contributed by atoms with E-state index >= 15 is 0 Å². The van der Waals surface area contributed by atoms with Crippen LogP contribution in [0.25, 0.3) is 49.9 Å². The molecule has 0 radical (unpaired) electrons. The van der Waals surface area contributed by atoms with Crippen LogP contribution in [0.5, 0.6) is 11.5 Å². The molecule has 0 saturated carbocycles. The Kier molecular flexibility index (Phi) is 12.9. The van der Waals surface area contributed by atoms with Crippen LogP contribution in [-0.4, -0.2) is 24.3 Å². The van der Waals surface area contributed by atoms with E-state index in [9.17, 15) is 0 Å². The van der Waals surface area contributed by atoms with Gasteiger partial charge in [-0.15, -0.1) is 0 Å². The quantitative estimate of drug-likeness (QED) is 0.0955. The lowest BCUT2D eigenvalue weighted by molar-refractivity contribution is 0.483. The third-order valence-corrected chi connectivity index (χ3v) is 21.2. The molecule has 0 N–H and O–H groups in total. The van der Waals surface area contributed by atoms with Gasteiger partial charge in [-0.25, -0.2) is 4.98 Å². The lowest BCUT2D eigenvalue weighted by atomic mass is 9.80. The zero-order valence-electron chi connectivity index (χ0n) is 47.2. The lowest BCUT2D eigenvalue weighted by Crippen LogP contribution is -2.74. The van der Waals surface area contributed by atoms with Gasteiger partial charge in [0, 0.05) is 51.6 Å². The van der Waals surface area contributed by atoms with Crippen molar-refractivity contribution in [3.05, 3.63) is 278 Å². The van der Waals surface area contributed by atoms with E-state index in [0.29, 0.717) is 6.67 Å². The SMILES string of the molecule is Cc1cc(-n2c3ccccc3c3ccc(Oc4cccc(N5CN(c6cc(C(C)(C)C)cc(C(C)(C)C)c6)c6c(-c7ccccc7)cccc65)c4)cc32)ncc1-c1cccc([Si](c2ccccc2)(c2ccccc2)c2ccccc2)c1. The van der Waals surface area contributed by atoms with E-state index in [1.54, 1.807) is 0 Å². The van der Waals surface area contributed by atoms with Crippen molar-refractivity contribution in [3.8, 4) is 39.6 Å². The first-order chi connectivity index (χ1) is 39.3. The first-order valence-corrected chi connectivity index (χ1v) is 30.3. The second-order valence-electron chi connectivity index (χ2n) is 23.7. The summed E-state index contributed by atoms with van der Waals surface area (Å²) in [7, 11) is -2.74. The molecule has 81 heavy (non-hydrogen) atoms. The third-order valence-electron chi connectivity index (χ3n) is 16.5. The summed E-state index contributed by atoms with van der Waals surface area (Å²) in [5.74, 6) is 2.37. The molecule has 0 spiro atoms. The summed E-state index contributed by atoms with van der Waals surface area (Å²) in [6.45, 7) is 16.7. The maximum atomic E-state index is 6.94. The summed E-state index contributed by atoms with van der Waals surface area (Å²) >= 11 is 0. The van der Waals surface area contributed by atoms with Crippen molar-refractivity contribution in [1.82, 2.24) is 9.55 Å². The van der Waals surface area contributed by atoms with E-state index in [-0.39, 0.29) is 10.8 Å². The number of pyridine rings is 1. The number of para-hydroxylation sites is 2. The van der Waals surface area contributed by atoms with Gasteiger partial charge in [0.1, 0.15) is 24.0 Å². The summed E-state index contributed by atoms with van der Waals surface area (Å²) in [5.41, 5.74) is 15.1. The van der Waals surface area contributed by atoms with Gasteiger partial charge < -0.3 is 14.5 Å². The van der Waals surface area contributed by atoms with Crippen molar-refractivity contribution in [3.63, 3.8) is 0 Å². The third kappa shape index (κ3) is 9.29. The van der Waals surface area contributed by atoms with Crippen molar-refractivity contribution < 1.29 is 4.74 Å². The van der Waals surface area contributed by atoms with Crippen LogP contribution >= 0.6 is 0 Å². The van der Waals surface area contributed by atoms with Crippen LogP contribution in [0, 0.1) is 6.92 Å². The Hall–Kier alpha value is -9.23. The number of benzene rings is 10. The monoisotopic (exact) mass is 1070 g/mol. The van der Waals surface area contributed by atoms with Gasteiger partial charge in [-0.05, 0) is 121 Å². The van der Waals surface area contributed by atoms with Gasteiger partial charge in [0.15, 0.2) is 8.07 Å². The number of ether oxygens (including phenoxy) is 1. The molecule has 0 amide bonds. The Morgan fingerprint density at radius 3 is 1.62 bits per heavy atom. The van der Waals surface area contributed by atoms with E-state index in [2.05, 4.69) is 324 Å². The number of aryl methyl sites for hydroxylation is 1. The van der Waals surface area contributed by atoms with Crippen LogP contribution in [-0.2, 0) is 10.8 Å². The summed E-state index contributed by atoms with van der Waals surface area (Å²) < 4.78 is 9.23. The highest BCUT2D eigenvalue weighted by Crippen LogP contribution is 2.51. The van der Waals surface area contributed by atoms with E-state index in [0.717, 1.165) is 67.2 Å². The van der Waals surface area contributed by atoms with Crippen LogP contribution in [0.1, 0.15) is 58.2 Å². The lowest BCUT2D eigenvalue weighted by Gasteiger charge is -2.34. The summed E-state index contributed by atoms with van der Waals surface area (Å²) in [4.78, 5) is 10.3. The highest BCUT2D eigenvalue weighted by atomic mass is 28.3. The Labute approximate surface area is 478 Å². The fourth-order valence-corrected chi connectivity index (χ4v) is 17.1. The zero-order valence-corrected chi connectivity index (χ0v) is 48.2. The summed E-state index contributed by atoms with van der Waals surface area (Å²) in [5, 5.41) is 7.68. The van der Waals surface area contributed by atoms with Crippen molar-refractivity contribution in [2.75, 3.05) is 16.5 Å². The first-order valence-electron chi connectivity index (χ1n) is 28.3. The first kappa shape index (κ1) is 51.2. The number of aromatic nitrogens is 2. The smallest absolute Gasteiger partial charge is 0.179 e. The van der Waals surface area contributed by atoms with Crippen LogP contribution in [0.15, 0.2) is 261 Å². The van der Waals surface area contributed by atoms with Gasteiger partial charge in [-0.2, -0.15) is 0 Å². The minimum Gasteiger partial charge on any atom is -0.457 e. The van der Waals surface area contributed by atoms with Gasteiger partial charge in [0.05, 0.1) is 22.4 Å². The number of nitrogens with zero attached hydrogens (tertiary/aromatic N) is 4. The second kappa shape index (κ2) is 20.5. The Bertz CT molecular complexity index is 4140. The van der Waals surface area contributed by atoms with Gasteiger partial charge in [0.2, 0.25) is 0 Å². The molecule has 12 aromatic rings. The molecule has 396 valence electrons. The molecular weight excluding hydrogens is 1000 g/mol. The number of fused-ring (bicyclic) bond motifs is 4. The maximum Gasteiger partial charge on any atom is 0.179 e. The van der Waals surface area contributed by atoms with Crippen LogP contribution < -0.4 is 35.3 Å². The van der Waals surface area contributed by atoms with Crippen molar-refractivity contribution in [1.29, 1.82) is 0 Å². The molecule has 5 nitrogen and oxygen atoms in total. The summed E-state index contributed by atoms with van der Waals surface area (Å²) in [6.07, 6.45) is 2.07. The van der Waals surface area contributed by atoms with Crippen molar-refractivity contribution >= 4 is 73.4 Å². The van der Waals surface area contributed by atoms with Crippen molar-refractivity contribution in [2.45, 2.75) is 59.3 Å². The maximum absolute atomic E-state index is 6.94. The van der Waals surface area contributed by atoms with Gasteiger partial charge in [-0.1, -0.05) is 230 Å². The molecule has 13 rings (SSSR count). The average molecular weight is 1070 g/mol. The van der Waals surface area contributed by atoms with E-state index in [1.165, 1.54) is 54.4 Å². The molecule has 3 heterocycles. The van der Waals surface area contributed by atoms with Crippen LogP contribution in [0.3, 0.4) is 0 Å². The van der Waals surface area contributed by atoms with Gasteiger partial charge in [0.25, 0.3) is 0 Å². The fraction of sp³-hybridized carbons (Fsp3) is 0.133. The van der Waals surface area contributed by atoms with Crippen LogP contribution in [0.2, 0.25) is 0 Å². The number of anilines is 4. The molecule has 1 aliphatic heterocycles. The molecular formula is C75H66N4OSi. The molecule has 0 atom stereocenters. The zero-order chi connectivity index (χ0) is 55.5. The molecule has 0 unspecified atom stereocenters. The standard InChI is InChI=1S/C75H66N4OSi/c1-52-43-72(76-50-68(52)54-27-22-36-64(44-54)81(61-30-14-9-15-31-61,62-32-16-10-17-33-62)63-34-18-11-19-35-63)79-69-39-21-20-37-66(69)67-42-41-60(49-71(67)79)80-59-29-23-28-57(48-59)77-51-78(58-46-55(74(2,3)4)45-56(47-58)75(5,6)7)73-65(38-24-40-70(73)77)53-25-12-8-13-26-53/h8-50H,51H2,1-7H3. The Morgan fingerprint density at radius 1 is 0.420 bits per heavy atom. The fourth-order valence-electron chi connectivity index (χ4n) is 12.3. The molecule has 1 aliphatic rings. The molecule has 0 saturated heterocycles. The Morgan fingerprint density at radius 2 is 0.975 bits per heavy atom. The normalized spacial score (nSPS) is 12.8. The van der Waals surface area contributed by atoms with Crippen LogP contribution in [0.4, 0.5) is 22.7 Å². The van der Waals surface area contributed by atoms with E-state index in [4.69, 9.17) is 9.72 Å². The topological polar surface area (TPSA) is 33.5 Å². The summed E-state index contributed by atoms with van der Waals surface area (Å²) in [6, 6.07) is 93.2. The molecule has 2 aromatic heterocycles.